The fourth-order valence-electron chi connectivity index (χ4n) is 2.29. The number of rotatable bonds is 6. The zero-order valence-corrected chi connectivity index (χ0v) is 13.0. The molecule has 0 spiro atoms. The lowest BCUT2D eigenvalue weighted by Gasteiger charge is -2.30. The first kappa shape index (κ1) is 16.1. The highest BCUT2D eigenvalue weighted by molar-refractivity contribution is 7.89. The molecule has 7 heteroatoms. The molecule has 1 fully saturated rings. The van der Waals surface area contributed by atoms with Crippen LogP contribution in [0, 0.1) is 0 Å². The van der Waals surface area contributed by atoms with E-state index in [1.807, 2.05) is 0 Å². The first-order valence-corrected chi connectivity index (χ1v) is 8.62. The van der Waals surface area contributed by atoms with Crippen LogP contribution in [0.4, 0.5) is 5.69 Å². The van der Waals surface area contributed by atoms with Crippen LogP contribution in [0.15, 0.2) is 24.3 Å². The Morgan fingerprint density at radius 2 is 2.10 bits per heavy atom. The van der Waals surface area contributed by atoms with E-state index in [2.05, 4.69) is 0 Å². The van der Waals surface area contributed by atoms with Gasteiger partial charge in [0, 0.05) is 38.1 Å². The second kappa shape index (κ2) is 7.11. The molecule has 1 aromatic rings. The van der Waals surface area contributed by atoms with Gasteiger partial charge in [0.2, 0.25) is 10.0 Å². The molecule has 0 unspecified atom stereocenters. The van der Waals surface area contributed by atoms with E-state index in [9.17, 15) is 8.42 Å². The standard InChI is InChI=1S/C14H22N2O4S/c1-16(13-5-7-19-8-6-13)21(17,18)10-9-20-14-4-2-3-12(15)11-14/h2-4,11,13H,5-10,15H2,1H3. The van der Waals surface area contributed by atoms with Gasteiger partial charge in [-0.15, -0.1) is 0 Å². The average molecular weight is 314 g/mol. The third-order valence-corrected chi connectivity index (χ3v) is 5.47. The van der Waals surface area contributed by atoms with Gasteiger partial charge in [0.15, 0.2) is 0 Å². The summed E-state index contributed by atoms with van der Waals surface area (Å²) in [5.41, 5.74) is 6.24. The molecule has 0 aromatic heterocycles. The van der Waals surface area contributed by atoms with E-state index >= 15 is 0 Å². The van der Waals surface area contributed by atoms with E-state index in [-0.39, 0.29) is 18.4 Å². The first-order chi connectivity index (χ1) is 9.99. The summed E-state index contributed by atoms with van der Waals surface area (Å²) in [6.07, 6.45) is 1.48. The molecule has 1 aliphatic heterocycles. The van der Waals surface area contributed by atoms with Gasteiger partial charge in [-0.05, 0) is 25.0 Å². The molecular formula is C14H22N2O4S. The van der Waals surface area contributed by atoms with Crippen molar-refractivity contribution < 1.29 is 17.9 Å². The number of anilines is 1. The zero-order valence-electron chi connectivity index (χ0n) is 12.2. The number of hydrogen-bond acceptors (Lipinski definition) is 5. The van der Waals surface area contributed by atoms with Crippen molar-refractivity contribution in [2.45, 2.75) is 18.9 Å². The highest BCUT2D eigenvalue weighted by atomic mass is 32.2. The van der Waals surface area contributed by atoms with Gasteiger partial charge in [0.25, 0.3) is 0 Å². The lowest BCUT2D eigenvalue weighted by molar-refractivity contribution is 0.0631. The van der Waals surface area contributed by atoms with Crippen molar-refractivity contribution in [1.29, 1.82) is 0 Å². The van der Waals surface area contributed by atoms with Crippen LogP contribution in [0.5, 0.6) is 5.75 Å². The van der Waals surface area contributed by atoms with Crippen molar-refractivity contribution in [3.63, 3.8) is 0 Å². The SMILES string of the molecule is CN(C1CCOCC1)S(=O)(=O)CCOc1cccc(N)c1. The minimum absolute atomic E-state index is 0.0242. The van der Waals surface area contributed by atoms with E-state index < -0.39 is 10.0 Å². The first-order valence-electron chi connectivity index (χ1n) is 7.01. The topological polar surface area (TPSA) is 81.9 Å². The number of nitrogens with zero attached hydrogens (tertiary/aromatic N) is 1. The van der Waals surface area contributed by atoms with Gasteiger partial charge in [0.05, 0.1) is 5.75 Å². The molecule has 21 heavy (non-hydrogen) atoms. The minimum atomic E-state index is -3.32. The quantitative estimate of drug-likeness (QED) is 0.795. The molecule has 0 aliphatic carbocycles. The van der Waals surface area contributed by atoms with Gasteiger partial charge >= 0.3 is 0 Å². The normalized spacial score (nSPS) is 17.0. The van der Waals surface area contributed by atoms with Crippen molar-refractivity contribution in [3.05, 3.63) is 24.3 Å². The van der Waals surface area contributed by atoms with Crippen LogP contribution in [0.1, 0.15) is 12.8 Å². The monoisotopic (exact) mass is 314 g/mol. The van der Waals surface area contributed by atoms with Crippen LogP contribution in [-0.4, -0.2) is 51.4 Å². The highest BCUT2D eigenvalue weighted by Crippen LogP contribution is 2.17. The van der Waals surface area contributed by atoms with Gasteiger partial charge in [0.1, 0.15) is 12.4 Å². The second-order valence-electron chi connectivity index (χ2n) is 5.10. The largest absolute Gasteiger partial charge is 0.492 e. The molecule has 2 N–H and O–H groups in total. The number of ether oxygens (including phenoxy) is 2. The molecule has 0 atom stereocenters. The summed E-state index contributed by atoms with van der Waals surface area (Å²) >= 11 is 0. The fourth-order valence-corrected chi connectivity index (χ4v) is 3.54. The van der Waals surface area contributed by atoms with Gasteiger partial charge in [-0.25, -0.2) is 12.7 Å². The zero-order chi connectivity index (χ0) is 15.3. The van der Waals surface area contributed by atoms with Gasteiger partial charge in [-0.2, -0.15) is 0 Å². The van der Waals surface area contributed by atoms with Crippen molar-refractivity contribution in [2.75, 3.05) is 38.4 Å². The van der Waals surface area contributed by atoms with E-state index in [0.717, 1.165) is 12.8 Å². The summed E-state index contributed by atoms with van der Waals surface area (Å²) in [5.74, 6) is 0.536. The van der Waals surface area contributed by atoms with Crippen LogP contribution >= 0.6 is 0 Å². The lowest BCUT2D eigenvalue weighted by Crippen LogP contribution is -2.42. The Morgan fingerprint density at radius 1 is 1.38 bits per heavy atom. The maximum Gasteiger partial charge on any atom is 0.217 e. The molecule has 0 radical (unpaired) electrons. The molecule has 0 saturated carbocycles. The highest BCUT2D eigenvalue weighted by Gasteiger charge is 2.27. The number of hydrogen-bond donors (Lipinski definition) is 1. The van der Waals surface area contributed by atoms with E-state index in [1.54, 1.807) is 31.3 Å². The van der Waals surface area contributed by atoms with Crippen molar-refractivity contribution in [2.24, 2.45) is 0 Å². The Bertz CT molecular complexity index is 556. The Labute approximate surface area is 125 Å². The third-order valence-electron chi connectivity index (χ3n) is 3.61. The molecule has 1 aliphatic rings. The third kappa shape index (κ3) is 4.59. The summed E-state index contributed by atoms with van der Waals surface area (Å²) in [7, 11) is -1.69. The molecule has 1 heterocycles. The van der Waals surface area contributed by atoms with Gasteiger partial charge < -0.3 is 15.2 Å². The van der Waals surface area contributed by atoms with Crippen LogP contribution < -0.4 is 10.5 Å². The Morgan fingerprint density at radius 3 is 2.76 bits per heavy atom. The average Bonchev–Trinajstić information content (AvgIpc) is 2.47. The summed E-state index contributed by atoms with van der Waals surface area (Å²) in [5, 5.41) is 0. The number of benzene rings is 1. The van der Waals surface area contributed by atoms with Crippen LogP contribution in [0.25, 0.3) is 0 Å². The molecule has 118 valence electrons. The second-order valence-corrected chi connectivity index (χ2v) is 7.24. The van der Waals surface area contributed by atoms with Gasteiger partial charge in [-0.1, -0.05) is 6.07 Å². The number of nitrogen functional groups attached to an aromatic ring is 1. The summed E-state index contributed by atoms with van der Waals surface area (Å²) in [6.45, 7) is 1.34. The number of nitrogens with two attached hydrogens (primary N) is 1. The molecule has 1 saturated heterocycles. The molecule has 1 aromatic carbocycles. The summed E-state index contributed by atoms with van der Waals surface area (Å²) in [4.78, 5) is 0. The van der Waals surface area contributed by atoms with E-state index in [1.165, 1.54) is 4.31 Å². The maximum atomic E-state index is 12.3. The maximum absolute atomic E-state index is 12.3. The number of sulfonamides is 1. The molecule has 6 nitrogen and oxygen atoms in total. The van der Waals surface area contributed by atoms with Crippen LogP contribution in [0.3, 0.4) is 0 Å². The summed E-state index contributed by atoms with van der Waals surface area (Å²) < 4.78 is 36.7. The Kier molecular flexibility index (Phi) is 5.44. The van der Waals surface area contributed by atoms with E-state index in [0.29, 0.717) is 24.7 Å². The summed E-state index contributed by atoms with van der Waals surface area (Å²) in [6, 6.07) is 6.98. The van der Waals surface area contributed by atoms with Gasteiger partial charge in [-0.3, -0.25) is 0 Å². The smallest absolute Gasteiger partial charge is 0.217 e. The molecule has 2 rings (SSSR count). The Hall–Kier alpha value is -1.31. The van der Waals surface area contributed by atoms with Crippen LogP contribution in [-0.2, 0) is 14.8 Å². The fraction of sp³-hybridized carbons (Fsp3) is 0.571. The molecule has 0 amide bonds. The van der Waals surface area contributed by atoms with E-state index in [4.69, 9.17) is 15.2 Å². The van der Waals surface area contributed by atoms with Crippen molar-refractivity contribution in [3.8, 4) is 5.75 Å². The lowest BCUT2D eigenvalue weighted by atomic mass is 10.1. The van der Waals surface area contributed by atoms with Crippen LogP contribution in [0.2, 0.25) is 0 Å². The minimum Gasteiger partial charge on any atom is -0.492 e. The molecule has 0 bridgehead atoms. The molecular weight excluding hydrogens is 292 g/mol. The van der Waals surface area contributed by atoms with Crippen molar-refractivity contribution in [1.82, 2.24) is 4.31 Å². The van der Waals surface area contributed by atoms with Crippen molar-refractivity contribution >= 4 is 15.7 Å². The predicted molar refractivity (Wildman–Crippen MR) is 81.7 cm³/mol. The Balaban J connectivity index is 1.85. The predicted octanol–water partition coefficient (Wildman–Crippen LogP) is 1.09.